The highest BCUT2D eigenvalue weighted by Crippen LogP contribution is 2.46. The summed E-state index contributed by atoms with van der Waals surface area (Å²) in [6, 6.07) is 6.76. The first-order valence-electron chi connectivity index (χ1n) is 7.99. The molecule has 3 nitrogen and oxygen atoms in total. The van der Waals surface area contributed by atoms with Crippen LogP contribution in [0.25, 0.3) is 0 Å². The first-order valence-corrected chi connectivity index (χ1v) is 8.78. The molecule has 3 unspecified atom stereocenters. The third kappa shape index (κ3) is 3.13. The van der Waals surface area contributed by atoms with Crippen LogP contribution in [-0.4, -0.2) is 24.9 Å². The molecule has 1 aromatic rings. The van der Waals surface area contributed by atoms with Crippen LogP contribution in [0.5, 0.6) is 5.75 Å². The Balaban J connectivity index is 1.92. The zero-order valence-corrected chi connectivity index (χ0v) is 14.4. The number of hydrogen-bond donors (Lipinski definition) is 1. The van der Waals surface area contributed by atoms with E-state index in [9.17, 15) is 0 Å². The van der Waals surface area contributed by atoms with Gasteiger partial charge in [0.2, 0.25) is 0 Å². The van der Waals surface area contributed by atoms with E-state index in [4.69, 9.17) is 9.47 Å². The zero-order valence-electron chi connectivity index (χ0n) is 12.8. The van der Waals surface area contributed by atoms with Crippen molar-refractivity contribution in [2.45, 2.75) is 57.3 Å². The minimum atomic E-state index is -0.0699. The molecule has 21 heavy (non-hydrogen) atoms. The van der Waals surface area contributed by atoms with E-state index >= 15 is 0 Å². The zero-order chi connectivity index (χ0) is 14.9. The van der Waals surface area contributed by atoms with Crippen molar-refractivity contribution in [1.29, 1.82) is 0 Å². The molecule has 1 fully saturated rings. The number of fused-ring (bicyclic) bond motifs is 1. The summed E-state index contributed by atoms with van der Waals surface area (Å²) in [6.45, 7) is 6.14. The van der Waals surface area contributed by atoms with Crippen molar-refractivity contribution in [3.05, 3.63) is 28.2 Å². The molecule has 0 aliphatic carbocycles. The Morgan fingerprint density at radius 2 is 2.19 bits per heavy atom. The van der Waals surface area contributed by atoms with Gasteiger partial charge in [-0.25, -0.2) is 0 Å². The molecular weight excluding hydrogens is 330 g/mol. The predicted molar refractivity (Wildman–Crippen MR) is 87.8 cm³/mol. The van der Waals surface area contributed by atoms with Crippen LogP contribution in [-0.2, 0) is 4.74 Å². The second kappa shape index (κ2) is 6.27. The molecule has 0 bridgehead atoms. The van der Waals surface area contributed by atoms with Gasteiger partial charge in [0.05, 0.1) is 12.7 Å². The van der Waals surface area contributed by atoms with E-state index in [0.29, 0.717) is 12.1 Å². The Morgan fingerprint density at radius 1 is 1.33 bits per heavy atom. The molecule has 1 aromatic carbocycles. The molecular formula is C17H24BrNO2. The molecule has 1 N–H and O–H groups in total. The molecule has 4 heteroatoms. The molecule has 2 heterocycles. The Hall–Kier alpha value is -0.580. The van der Waals surface area contributed by atoms with Gasteiger partial charge >= 0.3 is 0 Å². The first kappa shape index (κ1) is 15.3. The van der Waals surface area contributed by atoms with Crippen molar-refractivity contribution in [2.24, 2.45) is 0 Å². The van der Waals surface area contributed by atoms with Gasteiger partial charge < -0.3 is 14.8 Å². The fraction of sp³-hybridized carbons (Fsp3) is 0.647. The maximum Gasteiger partial charge on any atom is 0.126 e. The lowest BCUT2D eigenvalue weighted by molar-refractivity contribution is -0.103. The summed E-state index contributed by atoms with van der Waals surface area (Å²) < 4.78 is 13.4. The second-order valence-electron chi connectivity index (χ2n) is 6.14. The normalized spacial score (nSPS) is 31.8. The van der Waals surface area contributed by atoms with E-state index in [0.717, 1.165) is 49.1 Å². The third-order valence-corrected chi connectivity index (χ3v) is 5.16. The monoisotopic (exact) mass is 353 g/mol. The standard InChI is InChI=1S/C17H24BrNO2/c1-3-13-10-17(7-8-20-13)11-15(19-4-2)14-6-5-12(18)9-16(14)21-17/h5-6,9,13,15,19H,3-4,7-8,10-11H2,1-2H3. The van der Waals surface area contributed by atoms with Gasteiger partial charge in [-0.3, -0.25) is 0 Å². The van der Waals surface area contributed by atoms with Crippen LogP contribution in [0, 0.1) is 0 Å². The molecule has 0 saturated carbocycles. The molecule has 1 spiro atoms. The van der Waals surface area contributed by atoms with Gasteiger partial charge in [0.25, 0.3) is 0 Å². The number of hydrogen-bond acceptors (Lipinski definition) is 3. The van der Waals surface area contributed by atoms with Crippen LogP contribution < -0.4 is 10.1 Å². The lowest BCUT2D eigenvalue weighted by Crippen LogP contribution is -2.50. The fourth-order valence-corrected chi connectivity index (χ4v) is 3.94. The van der Waals surface area contributed by atoms with Crippen LogP contribution in [0.15, 0.2) is 22.7 Å². The highest BCUT2D eigenvalue weighted by atomic mass is 79.9. The Morgan fingerprint density at radius 3 is 2.95 bits per heavy atom. The smallest absolute Gasteiger partial charge is 0.126 e. The molecule has 3 rings (SSSR count). The van der Waals surface area contributed by atoms with E-state index in [1.807, 2.05) is 0 Å². The third-order valence-electron chi connectivity index (χ3n) is 4.67. The molecule has 116 valence electrons. The van der Waals surface area contributed by atoms with Crippen LogP contribution in [0.4, 0.5) is 0 Å². The van der Waals surface area contributed by atoms with E-state index in [2.05, 4.69) is 53.3 Å². The SMILES string of the molecule is CCNC1CC2(CCOC(CC)C2)Oc2cc(Br)ccc21. The molecule has 1 saturated heterocycles. The Bertz CT molecular complexity index is 508. The number of rotatable bonds is 3. The average molecular weight is 354 g/mol. The van der Waals surface area contributed by atoms with E-state index < -0.39 is 0 Å². The van der Waals surface area contributed by atoms with Crippen LogP contribution in [0.1, 0.15) is 51.1 Å². The van der Waals surface area contributed by atoms with Gasteiger partial charge in [0.15, 0.2) is 0 Å². The summed E-state index contributed by atoms with van der Waals surface area (Å²) in [4.78, 5) is 0. The lowest BCUT2D eigenvalue weighted by atomic mass is 9.79. The maximum atomic E-state index is 6.50. The minimum Gasteiger partial charge on any atom is -0.487 e. The fourth-order valence-electron chi connectivity index (χ4n) is 3.60. The van der Waals surface area contributed by atoms with Gasteiger partial charge in [-0.2, -0.15) is 0 Å². The first-order chi connectivity index (χ1) is 10.2. The van der Waals surface area contributed by atoms with Crippen molar-refractivity contribution in [3.8, 4) is 5.75 Å². The summed E-state index contributed by atoms with van der Waals surface area (Å²) in [5.41, 5.74) is 1.21. The summed E-state index contributed by atoms with van der Waals surface area (Å²) in [5, 5.41) is 3.63. The number of ether oxygens (including phenoxy) is 2. The maximum absolute atomic E-state index is 6.50. The summed E-state index contributed by atoms with van der Waals surface area (Å²) >= 11 is 3.56. The molecule has 0 amide bonds. The molecule has 0 aromatic heterocycles. The summed E-state index contributed by atoms with van der Waals surface area (Å²) in [6.07, 6.45) is 4.40. The number of halogens is 1. The number of benzene rings is 1. The van der Waals surface area contributed by atoms with Crippen molar-refractivity contribution in [2.75, 3.05) is 13.2 Å². The van der Waals surface area contributed by atoms with Gasteiger partial charge in [0.1, 0.15) is 11.4 Å². The van der Waals surface area contributed by atoms with Crippen molar-refractivity contribution in [3.63, 3.8) is 0 Å². The number of nitrogens with one attached hydrogen (secondary N) is 1. The van der Waals surface area contributed by atoms with Crippen LogP contribution in [0.2, 0.25) is 0 Å². The molecule has 0 radical (unpaired) electrons. The largest absolute Gasteiger partial charge is 0.487 e. The van der Waals surface area contributed by atoms with Crippen LogP contribution >= 0.6 is 15.9 Å². The van der Waals surface area contributed by atoms with Crippen molar-refractivity contribution >= 4 is 15.9 Å². The lowest BCUT2D eigenvalue weighted by Gasteiger charge is -2.46. The molecule has 3 atom stereocenters. The van der Waals surface area contributed by atoms with Gasteiger partial charge in [-0.05, 0) is 25.1 Å². The summed E-state index contributed by atoms with van der Waals surface area (Å²) in [7, 11) is 0. The highest BCUT2D eigenvalue weighted by molar-refractivity contribution is 9.10. The van der Waals surface area contributed by atoms with Gasteiger partial charge in [-0.1, -0.05) is 35.8 Å². The Labute approximate surface area is 135 Å². The van der Waals surface area contributed by atoms with Crippen LogP contribution in [0.3, 0.4) is 0 Å². The minimum absolute atomic E-state index is 0.0699. The quantitative estimate of drug-likeness (QED) is 0.882. The molecule has 2 aliphatic heterocycles. The van der Waals surface area contributed by atoms with Gasteiger partial charge in [-0.15, -0.1) is 0 Å². The topological polar surface area (TPSA) is 30.5 Å². The molecule has 2 aliphatic rings. The summed E-state index contributed by atoms with van der Waals surface area (Å²) in [5.74, 6) is 1.03. The van der Waals surface area contributed by atoms with Crippen molar-refractivity contribution < 1.29 is 9.47 Å². The van der Waals surface area contributed by atoms with E-state index in [-0.39, 0.29) is 5.60 Å². The predicted octanol–water partition coefficient (Wildman–Crippen LogP) is 4.21. The Kier molecular flexibility index (Phi) is 4.57. The average Bonchev–Trinajstić information content (AvgIpc) is 2.47. The van der Waals surface area contributed by atoms with Crippen molar-refractivity contribution in [1.82, 2.24) is 5.32 Å². The van der Waals surface area contributed by atoms with Gasteiger partial charge in [0, 0.05) is 35.3 Å². The second-order valence-corrected chi connectivity index (χ2v) is 7.05. The van der Waals surface area contributed by atoms with E-state index in [1.54, 1.807) is 0 Å². The van der Waals surface area contributed by atoms with E-state index in [1.165, 1.54) is 5.56 Å². The highest BCUT2D eigenvalue weighted by Gasteiger charge is 2.44.